The Labute approximate surface area is 106 Å². The van der Waals surface area contributed by atoms with Crippen LogP contribution in [0.25, 0.3) is 10.9 Å². The Kier molecular flexibility index (Phi) is 3.04. The van der Waals surface area contributed by atoms with Gasteiger partial charge in [0.05, 0.1) is 10.9 Å². The molecule has 17 heavy (non-hydrogen) atoms. The fourth-order valence-electron chi connectivity index (χ4n) is 2.28. The normalized spacial score (nSPS) is 24.3. The molecule has 3 heteroatoms. The standard InChI is InChI=1S/C14H16N2S/c1-2-11-9-17-14(16-11)12-7-3-5-10-6-4-8-15-13(10)12/h3-8,11,14,16H,2,9H2,1H3. The van der Waals surface area contributed by atoms with Gasteiger partial charge in [-0.1, -0.05) is 31.2 Å². The topological polar surface area (TPSA) is 24.9 Å². The van der Waals surface area contributed by atoms with E-state index < -0.39 is 0 Å². The van der Waals surface area contributed by atoms with Crippen molar-refractivity contribution in [1.82, 2.24) is 10.3 Å². The van der Waals surface area contributed by atoms with Crippen molar-refractivity contribution < 1.29 is 0 Å². The van der Waals surface area contributed by atoms with E-state index in [0.29, 0.717) is 11.4 Å². The summed E-state index contributed by atoms with van der Waals surface area (Å²) in [6.07, 6.45) is 3.07. The average Bonchev–Trinajstić information content (AvgIpc) is 2.87. The third-order valence-electron chi connectivity index (χ3n) is 3.29. The highest BCUT2D eigenvalue weighted by Crippen LogP contribution is 2.36. The van der Waals surface area contributed by atoms with Crippen LogP contribution in [0.4, 0.5) is 0 Å². The first-order valence-corrected chi connectivity index (χ1v) is 7.14. The molecular weight excluding hydrogens is 228 g/mol. The molecular formula is C14H16N2S. The molecule has 2 aromatic rings. The van der Waals surface area contributed by atoms with E-state index >= 15 is 0 Å². The van der Waals surface area contributed by atoms with Gasteiger partial charge >= 0.3 is 0 Å². The molecule has 2 nitrogen and oxygen atoms in total. The van der Waals surface area contributed by atoms with E-state index in [9.17, 15) is 0 Å². The summed E-state index contributed by atoms with van der Waals surface area (Å²) in [6.45, 7) is 2.24. The van der Waals surface area contributed by atoms with E-state index in [1.165, 1.54) is 23.1 Å². The van der Waals surface area contributed by atoms with Crippen molar-refractivity contribution in [2.24, 2.45) is 0 Å². The number of pyridine rings is 1. The lowest BCUT2D eigenvalue weighted by Crippen LogP contribution is -2.24. The van der Waals surface area contributed by atoms with E-state index in [4.69, 9.17) is 0 Å². The highest BCUT2D eigenvalue weighted by Gasteiger charge is 2.25. The maximum absolute atomic E-state index is 4.52. The number of rotatable bonds is 2. The zero-order valence-electron chi connectivity index (χ0n) is 9.89. The molecule has 1 aromatic carbocycles. The maximum Gasteiger partial charge on any atom is 0.0813 e. The Bertz CT molecular complexity index is 521. The number of nitrogens with zero attached hydrogens (tertiary/aromatic N) is 1. The van der Waals surface area contributed by atoms with Crippen LogP contribution in [0.1, 0.15) is 24.3 Å². The molecule has 1 aliphatic rings. The number of nitrogens with one attached hydrogen (secondary N) is 1. The number of fused-ring (bicyclic) bond motifs is 1. The number of hydrogen-bond acceptors (Lipinski definition) is 3. The molecule has 0 bridgehead atoms. The first kappa shape index (κ1) is 11.1. The monoisotopic (exact) mass is 244 g/mol. The van der Waals surface area contributed by atoms with Crippen LogP contribution < -0.4 is 5.32 Å². The van der Waals surface area contributed by atoms with Gasteiger partial charge in [-0.15, -0.1) is 11.8 Å². The van der Waals surface area contributed by atoms with Crippen LogP contribution in [0.15, 0.2) is 36.5 Å². The molecule has 1 fully saturated rings. The van der Waals surface area contributed by atoms with E-state index in [0.717, 1.165) is 5.52 Å². The Morgan fingerprint density at radius 1 is 1.35 bits per heavy atom. The minimum Gasteiger partial charge on any atom is -0.298 e. The minimum atomic E-state index is 0.401. The van der Waals surface area contributed by atoms with Crippen molar-refractivity contribution in [2.45, 2.75) is 24.8 Å². The minimum absolute atomic E-state index is 0.401. The fraction of sp³-hybridized carbons (Fsp3) is 0.357. The predicted octanol–water partition coefficient (Wildman–Crippen LogP) is 3.35. The number of aromatic nitrogens is 1. The van der Waals surface area contributed by atoms with Crippen molar-refractivity contribution in [2.75, 3.05) is 5.75 Å². The smallest absolute Gasteiger partial charge is 0.0813 e. The quantitative estimate of drug-likeness (QED) is 0.877. The van der Waals surface area contributed by atoms with Crippen LogP contribution >= 0.6 is 11.8 Å². The van der Waals surface area contributed by atoms with E-state index in [1.807, 2.05) is 24.0 Å². The zero-order valence-corrected chi connectivity index (χ0v) is 10.7. The molecule has 1 saturated heterocycles. The second-order valence-corrected chi connectivity index (χ2v) is 5.55. The molecule has 1 aromatic heterocycles. The molecule has 1 N–H and O–H groups in total. The van der Waals surface area contributed by atoms with Gasteiger partial charge in [0.15, 0.2) is 0 Å². The van der Waals surface area contributed by atoms with Gasteiger partial charge in [0, 0.05) is 28.9 Å². The van der Waals surface area contributed by atoms with Gasteiger partial charge in [0.2, 0.25) is 0 Å². The lowest BCUT2D eigenvalue weighted by Gasteiger charge is -2.14. The molecule has 2 atom stereocenters. The number of para-hydroxylation sites is 1. The third-order valence-corrected chi connectivity index (χ3v) is 4.61. The van der Waals surface area contributed by atoms with E-state index in [2.05, 4.69) is 41.5 Å². The number of hydrogen-bond donors (Lipinski definition) is 1. The van der Waals surface area contributed by atoms with Crippen molar-refractivity contribution in [3.63, 3.8) is 0 Å². The first-order chi connectivity index (χ1) is 8.38. The first-order valence-electron chi connectivity index (χ1n) is 6.10. The van der Waals surface area contributed by atoms with Crippen molar-refractivity contribution in [1.29, 1.82) is 0 Å². The van der Waals surface area contributed by atoms with Gasteiger partial charge in [-0.05, 0) is 12.5 Å². The van der Waals surface area contributed by atoms with Crippen molar-refractivity contribution >= 4 is 22.7 Å². The van der Waals surface area contributed by atoms with Crippen LogP contribution in [0.3, 0.4) is 0 Å². The lowest BCUT2D eigenvalue weighted by atomic mass is 10.1. The van der Waals surface area contributed by atoms with Crippen LogP contribution in [-0.4, -0.2) is 16.8 Å². The highest BCUT2D eigenvalue weighted by atomic mass is 32.2. The van der Waals surface area contributed by atoms with E-state index in [1.54, 1.807) is 0 Å². The summed E-state index contributed by atoms with van der Waals surface area (Å²) in [4.78, 5) is 4.52. The lowest BCUT2D eigenvalue weighted by molar-refractivity contribution is 0.562. The molecule has 3 rings (SSSR count). The Morgan fingerprint density at radius 3 is 3.06 bits per heavy atom. The molecule has 0 saturated carbocycles. The SMILES string of the molecule is CCC1CSC(c2cccc3cccnc23)N1. The number of thioether (sulfide) groups is 1. The van der Waals surface area contributed by atoms with Crippen LogP contribution in [-0.2, 0) is 0 Å². The van der Waals surface area contributed by atoms with Crippen LogP contribution in [0.5, 0.6) is 0 Å². The molecule has 1 aliphatic heterocycles. The highest BCUT2D eigenvalue weighted by molar-refractivity contribution is 7.99. The molecule has 0 radical (unpaired) electrons. The summed E-state index contributed by atoms with van der Waals surface area (Å²) in [5.74, 6) is 1.20. The van der Waals surface area contributed by atoms with Gasteiger partial charge in [0.25, 0.3) is 0 Å². The second-order valence-electron chi connectivity index (χ2n) is 4.41. The largest absolute Gasteiger partial charge is 0.298 e. The summed E-state index contributed by atoms with van der Waals surface area (Å²) in [5.41, 5.74) is 2.46. The maximum atomic E-state index is 4.52. The predicted molar refractivity (Wildman–Crippen MR) is 74.2 cm³/mol. The zero-order chi connectivity index (χ0) is 11.7. The third kappa shape index (κ3) is 2.05. The molecule has 0 amide bonds. The van der Waals surface area contributed by atoms with Crippen molar-refractivity contribution in [3.8, 4) is 0 Å². The summed E-state index contributed by atoms with van der Waals surface area (Å²) in [7, 11) is 0. The summed E-state index contributed by atoms with van der Waals surface area (Å²) < 4.78 is 0. The Morgan fingerprint density at radius 2 is 2.24 bits per heavy atom. The summed E-state index contributed by atoms with van der Waals surface area (Å²) in [5, 5.41) is 5.30. The van der Waals surface area contributed by atoms with Gasteiger partial charge < -0.3 is 0 Å². The van der Waals surface area contributed by atoms with Crippen LogP contribution in [0, 0.1) is 0 Å². The summed E-state index contributed by atoms with van der Waals surface area (Å²) >= 11 is 1.99. The fourth-order valence-corrected chi connectivity index (χ4v) is 3.69. The van der Waals surface area contributed by atoms with Gasteiger partial charge in [-0.3, -0.25) is 10.3 Å². The van der Waals surface area contributed by atoms with E-state index in [-0.39, 0.29) is 0 Å². The Hall–Kier alpha value is -1.06. The van der Waals surface area contributed by atoms with Crippen molar-refractivity contribution in [3.05, 3.63) is 42.1 Å². The molecule has 2 unspecified atom stereocenters. The second kappa shape index (κ2) is 4.67. The average molecular weight is 244 g/mol. The number of benzene rings is 1. The molecule has 0 spiro atoms. The van der Waals surface area contributed by atoms with Crippen LogP contribution in [0.2, 0.25) is 0 Å². The molecule has 0 aliphatic carbocycles. The van der Waals surface area contributed by atoms with Gasteiger partial charge in [-0.2, -0.15) is 0 Å². The Balaban J connectivity index is 2.00. The molecule has 2 heterocycles. The molecule has 88 valence electrons. The van der Waals surface area contributed by atoms with Gasteiger partial charge in [0.1, 0.15) is 0 Å². The summed E-state index contributed by atoms with van der Waals surface area (Å²) in [6, 6.07) is 11.2. The van der Waals surface area contributed by atoms with Gasteiger partial charge in [-0.25, -0.2) is 0 Å².